The number of nitrogens with zero attached hydrogens (tertiary/aromatic N) is 2. The molecule has 6 nitrogen and oxygen atoms in total. The first-order chi connectivity index (χ1) is 15.1. The van der Waals surface area contributed by atoms with Gasteiger partial charge in [0.1, 0.15) is 12.4 Å². The summed E-state index contributed by atoms with van der Waals surface area (Å²) in [5, 5.41) is 9.44. The molecule has 0 radical (unpaired) electrons. The molecule has 31 heavy (non-hydrogen) atoms. The Bertz CT molecular complexity index is 1290. The highest BCUT2D eigenvalue weighted by atomic mass is 16.5. The second kappa shape index (κ2) is 8.93. The molecule has 1 heterocycles. The van der Waals surface area contributed by atoms with Crippen molar-refractivity contribution in [3.05, 3.63) is 94.5 Å². The van der Waals surface area contributed by atoms with E-state index in [1.807, 2.05) is 36.4 Å². The van der Waals surface area contributed by atoms with Crippen LogP contribution in [0.1, 0.15) is 15.9 Å². The number of Topliss-reactive ketones (excluding diaryl/α,β-unsaturated/α-hetero) is 1. The van der Waals surface area contributed by atoms with E-state index in [0.29, 0.717) is 29.4 Å². The Morgan fingerprint density at radius 2 is 1.84 bits per heavy atom. The molecule has 3 aromatic carbocycles. The van der Waals surface area contributed by atoms with Crippen molar-refractivity contribution in [3.63, 3.8) is 0 Å². The maximum atomic E-state index is 12.9. The molecule has 4 rings (SSSR count). The Balaban J connectivity index is 1.56. The van der Waals surface area contributed by atoms with E-state index in [9.17, 15) is 9.59 Å². The summed E-state index contributed by atoms with van der Waals surface area (Å²) < 4.78 is 6.77. The molecule has 6 heteroatoms. The molecule has 0 saturated carbocycles. The zero-order chi connectivity index (χ0) is 21.8. The lowest BCUT2D eigenvalue weighted by Gasteiger charge is -2.09. The number of rotatable bonds is 7. The van der Waals surface area contributed by atoms with Gasteiger partial charge in [0.2, 0.25) is 0 Å². The van der Waals surface area contributed by atoms with Crippen molar-refractivity contribution < 1.29 is 14.6 Å². The van der Waals surface area contributed by atoms with Crippen LogP contribution in [0, 0.1) is 0 Å². The van der Waals surface area contributed by atoms with Gasteiger partial charge in [-0.25, -0.2) is 4.98 Å². The SMILES string of the molecule is COc1ccc(-c2cccc(CCn3cnc4ccc(C(=O)CO)cc4c3=O)c2)cc1. The highest BCUT2D eigenvalue weighted by molar-refractivity contribution is 5.99. The largest absolute Gasteiger partial charge is 0.497 e. The van der Waals surface area contributed by atoms with Crippen LogP contribution >= 0.6 is 0 Å². The molecule has 0 fully saturated rings. The summed E-state index contributed by atoms with van der Waals surface area (Å²) >= 11 is 0. The van der Waals surface area contributed by atoms with Crippen LogP contribution in [0.5, 0.6) is 5.75 Å². The molecule has 0 unspecified atom stereocenters. The Labute approximate surface area is 179 Å². The fourth-order valence-corrected chi connectivity index (χ4v) is 3.52. The van der Waals surface area contributed by atoms with Crippen molar-refractivity contribution in [2.45, 2.75) is 13.0 Å². The van der Waals surface area contributed by atoms with E-state index < -0.39 is 12.4 Å². The van der Waals surface area contributed by atoms with Gasteiger partial charge in [-0.3, -0.25) is 14.2 Å². The highest BCUT2D eigenvalue weighted by Crippen LogP contribution is 2.23. The Morgan fingerprint density at radius 1 is 1.03 bits per heavy atom. The standard InChI is InChI=1S/C25H22N2O4/c1-31-21-8-5-18(6-9-21)19-4-2-3-17(13-19)11-12-27-16-26-23-10-7-20(24(29)15-28)14-22(23)25(27)30/h2-10,13-14,16,28H,11-12,15H2,1H3. The number of methoxy groups -OCH3 is 1. The number of hydrogen-bond donors (Lipinski definition) is 1. The fraction of sp³-hybridized carbons (Fsp3) is 0.160. The minimum Gasteiger partial charge on any atom is -0.497 e. The van der Waals surface area contributed by atoms with Gasteiger partial charge >= 0.3 is 0 Å². The maximum absolute atomic E-state index is 12.9. The molecule has 1 aromatic heterocycles. The number of carbonyl (C=O) groups excluding carboxylic acids is 1. The van der Waals surface area contributed by atoms with Gasteiger partial charge < -0.3 is 9.84 Å². The summed E-state index contributed by atoms with van der Waals surface area (Å²) in [6.07, 6.45) is 2.19. The van der Waals surface area contributed by atoms with Gasteiger partial charge in [-0.15, -0.1) is 0 Å². The van der Waals surface area contributed by atoms with Gasteiger partial charge in [0.15, 0.2) is 5.78 Å². The fourth-order valence-electron chi connectivity index (χ4n) is 3.52. The molecular weight excluding hydrogens is 392 g/mol. The number of ketones is 1. The van der Waals surface area contributed by atoms with Crippen LogP contribution in [0.3, 0.4) is 0 Å². The minimum atomic E-state index is -0.593. The average molecular weight is 414 g/mol. The number of benzene rings is 3. The predicted molar refractivity (Wildman–Crippen MR) is 120 cm³/mol. The van der Waals surface area contributed by atoms with Crippen molar-refractivity contribution in [1.82, 2.24) is 9.55 Å². The Hall–Kier alpha value is -3.77. The summed E-state index contributed by atoms with van der Waals surface area (Å²) in [6, 6.07) is 20.8. The van der Waals surface area contributed by atoms with E-state index >= 15 is 0 Å². The number of fused-ring (bicyclic) bond motifs is 1. The molecule has 0 atom stereocenters. The van der Waals surface area contributed by atoms with Crippen LogP contribution in [0.4, 0.5) is 0 Å². The first-order valence-corrected chi connectivity index (χ1v) is 9.95. The first-order valence-electron chi connectivity index (χ1n) is 9.95. The second-order valence-electron chi connectivity index (χ2n) is 7.24. The molecule has 4 aromatic rings. The molecule has 0 saturated heterocycles. The molecular formula is C25H22N2O4. The van der Waals surface area contributed by atoms with E-state index in [4.69, 9.17) is 9.84 Å². The van der Waals surface area contributed by atoms with Crippen molar-refractivity contribution in [3.8, 4) is 16.9 Å². The first kappa shape index (κ1) is 20.5. The number of carbonyl (C=O) groups is 1. The van der Waals surface area contributed by atoms with Gasteiger partial charge in [-0.05, 0) is 53.4 Å². The van der Waals surface area contributed by atoms with E-state index in [1.54, 1.807) is 23.8 Å². The highest BCUT2D eigenvalue weighted by Gasteiger charge is 2.10. The summed E-state index contributed by atoms with van der Waals surface area (Å²) in [7, 11) is 1.64. The number of aliphatic hydroxyl groups is 1. The number of aromatic nitrogens is 2. The topological polar surface area (TPSA) is 81.4 Å². The normalized spacial score (nSPS) is 10.9. The van der Waals surface area contributed by atoms with Crippen molar-refractivity contribution in [2.24, 2.45) is 0 Å². The van der Waals surface area contributed by atoms with Crippen LogP contribution < -0.4 is 10.3 Å². The van der Waals surface area contributed by atoms with E-state index in [1.165, 1.54) is 12.4 Å². The number of ether oxygens (including phenoxy) is 1. The molecule has 0 aliphatic heterocycles. The van der Waals surface area contributed by atoms with Crippen LogP contribution in [0.2, 0.25) is 0 Å². The second-order valence-corrected chi connectivity index (χ2v) is 7.24. The van der Waals surface area contributed by atoms with E-state index in [0.717, 1.165) is 22.4 Å². The molecule has 1 N–H and O–H groups in total. The van der Waals surface area contributed by atoms with Gasteiger partial charge in [0.25, 0.3) is 5.56 Å². The smallest absolute Gasteiger partial charge is 0.261 e. The quantitative estimate of drug-likeness (QED) is 0.468. The van der Waals surface area contributed by atoms with Gasteiger partial charge in [-0.2, -0.15) is 0 Å². The minimum absolute atomic E-state index is 0.205. The van der Waals surface area contributed by atoms with Crippen molar-refractivity contribution in [2.75, 3.05) is 13.7 Å². The monoisotopic (exact) mass is 414 g/mol. The third-order valence-corrected chi connectivity index (χ3v) is 5.28. The molecule has 0 aliphatic carbocycles. The molecule has 0 amide bonds. The third-order valence-electron chi connectivity index (χ3n) is 5.28. The summed E-state index contributed by atoms with van der Waals surface area (Å²) in [5.74, 6) is 0.388. The number of aryl methyl sites for hydroxylation is 2. The maximum Gasteiger partial charge on any atom is 0.261 e. The molecule has 156 valence electrons. The van der Waals surface area contributed by atoms with E-state index in [2.05, 4.69) is 17.1 Å². The van der Waals surface area contributed by atoms with Gasteiger partial charge in [0, 0.05) is 12.1 Å². The van der Waals surface area contributed by atoms with E-state index in [-0.39, 0.29) is 5.56 Å². The number of aliphatic hydroxyl groups excluding tert-OH is 1. The van der Waals surface area contributed by atoms with Crippen molar-refractivity contribution in [1.29, 1.82) is 0 Å². The zero-order valence-corrected chi connectivity index (χ0v) is 17.1. The van der Waals surface area contributed by atoms with Crippen molar-refractivity contribution >= 4 is 16.7 Å². The lowest BCUT2D eigenvalue weighted by Crippen LogP contribution is -2.22. The molecule has 0 bridgehead atoms. The summed E-state index contributed by atoms with van der Waals surface area (Å²) in [4.78, 5) is 29.0. The van der Waals surface area contributed by atoms with Crippen LogP contribution in [-0.2, 0) is 13.0 Å². The summed E-state index contributed by atoms with van der Waals surface area (Å²) in [5.41, 5.74) is 3.91. The number of hydrogen-bond acceptors (Lipinski definition) is 5. The Morgan fingerprint density at radius 3 is 2.58 bits per heavy atom. The zero-order valence-electron chi connectivity index (χ0n) is 17.1. The average Bonchev–Trinajstić information content (AvgIpc) is 2.83. The molecule has 0 aliphatic rings. The van der Waals surface area contributed by atoms with Crippen LogP contribution in [-0.4, -0.2) is 34.2 Å². The third kappa shape index (κ3) is 4.39. The lowest BCUT2D eigenvalue weighted by atomic mass is 10.0. The summed E-state index contributed by atoms with van der Waals surface area (Å²) in [6.45, 7) is -0.128. The van der Waals surface area contributed by atoms with Gasteiger partial charge in [-0.1, -0.05) is 36.4 Å². The molecule has 0 spiro atoms. The van der Waals surface area contributed by atoms with Crippen LogP contribution in [0.15, 0.2) is 77.9 Å². The van der Waals surface area contributed by atoms with Crippen LogP contribution in [0.25, 0.3) is 22.0 Å². The predicted octanol–water partition coefficient (Wildman–Crippen LogP) is 3.49. The van der Waals surface area contributed by atoms with Gasteiger partial charge in [0.05, 0.1) is 24.3 Å². The lowest BCUT2D eigenvalue weighted by molar-refractivity contribution is 0.0904. The Kier molecular flexibility index (Phi) is 5.91.